The molecular formula is C10H8BN3+2. The van der Waals surface area contributed by atoms with Crippen molar-refractivity contribution < 1.29 is 8.62 Å². The van der Waals surface area contributed by atoms with E-state index in [-0.39, 0.29) is 0 Å². The van der Waals surface area contributed by atoms with Gasteiger partial charge < -0.3 is 0 Å². The summed E-state index contributed by atoms with van der Waals surface area (Å²) < 4.78 is 3.99. The van der Waals surface area contributed by atoms with Gasteiger partial charge in [-0.1, -0.05) is 0 Å². The van der Waals surface area contributed by atoms with Gasteiger partial charge in [0.15, 0.2) is 0 Å². The minimum atomic E-state index is 0.957. The van der Waals surface area contributed by atoms with Gasteiger partial charge in [-0.15, -0.1) is 0 Å². The van der Waals surface area contributed by atoms with E-state index in [4.69, 9.17) is 0 Å². The van der Waals surface area contributed by atoms with Crippen LogP contribution in [0.15, 0.2) is 48.8 Å². The Morgan fingerprint density at radius 2 is 1.43 bits per heavy atom. The zero-order valence-electron chi connectivity index (χ0n) is 7.54. The number of pyridine rings is 2. The zero-order chi connectivity index (χ0) is 9.38. The fourth-order valence-corrected chi connectivity index (χ4v) is 1.53. The third kappa shape index (κ3) is 1.08. The van der Waals surface area contributed by atoms with Crippen LogP contribution in [0.25, 0.3) is 11.3 Å². The number of aromatic nitrogens is 3. The second-order valence-electron chi connectivity index (χ2n) is 3.16. The van der Waals surface area contributed by atoms with Gasteiger partial charge in [0.2, 0.25) is 0 Å². The molecule has 0 N–H and O–H groups in total. The fourth-order valence-electron chi connectivity index (χ4n) is 1.53. The third-order valence-corrected chi connectivity index (χ3v) is 2.21. The van der Waals surface area contributed by atoms with E-state index in [9.17, 15) is 0 Å². The van der Waals surface area contributed by atoms with Gasteiger partial charge in [-0.25, -0.2) is 0 Å². The molecular weight excluding hydrogens is 173 g/mol. The number of fused-ring (bicyclic) bond motifs is 2. The van der Waals surface area contributed by atoms with Crippen LogP contribution in [-0.4, -0.2) is 12.2 Å². The molecule has 3 aromatic rings. The molecule has 3 aromatic heterocycles. The van der Waals surface area contributed by atoms with Crippen LogP contribution in [0.1, 0.15) is 0 Å². The standard InChI is InChI=1S/C10H8BN3/c1-3-7-13-9(5-1)12-10-6-2-4-8-14(10)11-13/h1-8H/q+2. The molecule has 0 bridgehead atoms. The Hall–Kier alpha value is -1.84. The average Bonchev–Trinajstić information content (AvgIpc) is 2.26. The molecule has 0 unspecified atom stereocenters. The van der Waals surface area contributed by atoms with Gasteiger partial charge in [-0.2, -0.15) is 0 Å². The van der Waals surface area contributed by atoms with E-state index in [1.807, 2.05) is 64.6 Å². The summed E-state index contributed by atoms with van der Waals surface area (Å²) in [5.41, 5.74) is 1.91. The van der Waals surface area contributed by atoms with E-state index in [1.165, 1.54) is 0 Å². The van der Waals surface area contributed by atoms with Crippen molar-refractivity contribution in [1.82, 2.24) is 4.98 Å². The summed E-state index contributed by atoms with van der Waals surface area (Å²) in [6.45, 7) is 0. The molecule has 3 nitrogen and oxygen atoms in total. The molecule has 0 saturated carbocycles. The zero-order valence-corrected chi connectivity index (χ0v) is 7.54. The Balaban J connectivity index is 2.52. The van der Waals surface area contributed by atoms with Crippen molar-refractivity contribution in [2.75, 3.05) is 0 Å². The maximum absolute atomic E-state index is 4.50. The molecule has 0 spiro atoms. The molecule has 0 aliphatic rings. The molecule has 0 amide bonds. The molecule has 0 aliphatic heterocycles. The van der Waals surface area contributed by atoms with Crippen molar-refractivity contribution in [3.05, 3.63) is 48.8 Å². The van der Waals surface area contributed by atoms with E-state index < -0.39 is 0 Å². The normalized spacial score (nSPS) is 10.6. The Bertz CT molecular complexity index is 504. The summed E-state index contributed by atoms with van der Waals surface area (Å²) in [4.78, 5) is 4.50. The van der Waals surface area contributed by atoms with Crippen LogP contribution < -0.4 is 8.62 Å². The van der Waals surface area contributed by atoms with E-state index >= 15 is 0 Å². The van der Waals surface area contributed by atoms with Crippen molar-refractivity contribution in [2.24, 2.45) is 0 Å². The van der Waals surface area contributed by atoms with E-state index in [0.29, 0.717) is 0 Å². The molecule has 0 aromatic carbocycles. The van der Waals surface area contributed by atoms with Gasteiger partial charge in [0.1, 0.15) is 0 Å². The summed E-state index contributed by atoms with van der Waals surface area (Å²) in [7, 11) is 2.01. The van der Waals surface area contributed by atoms with Crippen LogP contribution in [0.2, 0.25) is 0 Å². The molecule has 0 atom stereocenters. The van der Waals surface area contributed by atoms with Gasteiger partial charge in [-0.3, -0.25) is 0 Å². The quantitative estimate of drug-likeness (QED) is 0.443. The SMILES string of the molecule is b1[n+]2ccccc2nc2cccc[n+]12. The van der Waals surface area contributed by atoms with E-state index in [0.717, 1.165) is 11.3 Å². The molecule has 0 radical (unpaired) electrons. The van der Waals surface area contributed by atoms with Crippen LogP contribution in [-0.2, 0) is 0 Å². The number of hydrogen-bond donors (Lipinski definition) is 0. The summed E-state index contributed by atoms with van der Waals surface area (Å²) in [6, 6.07) is 11.9. The topological polar surface area (TPSA) is 21.1 Å². The number of rotatable bonds is 0. The second kappa shape index (κ2) is 2.84. The number of nitrogens with zero attached hydrogens (tertiary/aromatic N) is 3. The molecule has 0 saturated heterocycles. The van der Waals surface area contributed by atoms with Gasteiger partial charge in [0.05, 0.1) is 0 Å². The van der Waals surface area contributed by atoms with Crippen LogP contribution in [0.4, 0.5) is 0 Å². The summed E-state index contributed by atoms with van der Waals surface area (Å²) in [5.74, 6) is 0. The maximum atomic E-state index is 4.50. The third-order valence-electron chi connectivity index (χ3n) is 2.21. The first kappa shape index (κ1) is 7.56. The minimum absolute atomic E-state index is 0.957. The molecule has 0 aliphatic carbocycles. The van der Waals surface area contributed by atoms with Gasteiger partial charge in [0.25, 0.3) is 0 Å². The molecule has 4 heteroatoms. The van der Waals surface area contributed by atoms with Crippen molar-refractivity contribution in [1.29, 1.82) is 0 Å². The van der Waals surface area contributed by atoms with Crippen LogP contribution in [0, 0.1) is 0 Å². The van der Waals surface area contributed by atoms with Gasteiger partial charge >= 0.3 is 80.9 Å². The number of hydrogen-bond acceptors (Lipinski definition) is 1. The monoisotopic (exact) mass is 181 g/mol. The van der Waals surface area contributed by atoms with Crippen molar-refractivity contribution in [2.45, 2.75) is 0 Å². The molecule has 3 rings (SSSR count). The summed E-state index contributed by atoms with van der Waals surface area (Å²) in [5, 5.41) is 0. The van der Waals surface area contributed by atoms with Crippen molar-refractivity contribution in [3.8, 4) is 0 Å². The fraction of sp³-hybridized carbons (Fsp3) is 0. The van der Waals surface area contributed by atoms with E-state index in [1.54, 1.807) is 0 Å². The average molecular weight is 181 g/mol. The molecule has 0 fully saturated rings. The summed E-state index contributed by atoms with van der Waals surface area (Å²) in [6.07, 6.45) is 3.98. The molecule has 64 valence electrons. The van der Waals surface area contributed by atoms with E-state index in [2.05, 4.69) is 4.98 Å². The Labute approximate surface area is 81.6 Å². The van der Waals surface area contributed by atoms with Crippen LogP contribution in [0.3, 0.4) is 0 Å². The predicted octanol–water partition coefficient (Wildman–Crippen LogP) is -0.103. The molecule has 3 heterocycles. The summed E-state index contributed by atoms with van der Waals surface area (Å²) >= 11 is 0. The van der Waals surface area contributed by atoms with Crippen molar-refractivity contribution >= 4 is 18.5 Å². The second-order valence-corrected chi connectivity index (χ2v) is 3.16. The Morgan fingerprint density at radius 3 is 2.00 bits per heavy atom. The Kier molecular flexibility index (Phi) is 1.53. The first-order valence-corrected chi connectivity index (χ1v) is 4.50. The van der Waals surface area contributed by atoms with Crippen molar-refractivity contribution in [3.63, 3.8) is 0 Å². The van der Waals surface area contributed by atoms with Gasteiger partial charge in [0, 0.05) is 0 Å². The first-order valence-electron chi connectivity index (χ1n) is 4.50. The first-order chi connectivity index (χ1) is 6.93. The van der Waals surface area contributed by atoms with Crippen LogP contribution in [0.5, 0.6) is 0 Å². The van der Waals surface area contributed by atoms with Gasteiger partial charge in [-0.05, 0) is 0 Å². The molecule has 14 heavy (non-hydrogen) atoms. The van der Waals surface area contributed by atoms with Crippen LogP contribution >= 0.6 is 0 Å². The predicted molar refractivity (Wildman–Crippen MR) is 51.9 cm³/mol. The Morgan fingerprint density at radius 1 is 0.857 bits per heavy atom.